The fourth-order valence-corrected chi connectivity index (χ4v) is 3.12. The zero-order chi connectivity index (χ0) is 20.0. The highest BCUT2D eigenvalue weighted by Gasteiger charge is 2.31. The number of benzene rings is 2. The maximum absolute atomic E-state index is 12.5. The smallest absolute Gasteiger partial charge is 0.410 e. The Hall–Kier alpha value is -2.53. The quantitative estimate of drug-likeness (QED) is 0.766. The predicted octanol–water partition coefficient (Wildman–Crippen LogP) is 4.44. The average molecular weight is 383 g/mol. The normalized spacial score (nSPS) is 17.2. The Morgan fingerprint density at radius 2 is 1.79 bits per heavy atom. The molecule has 3 rings (SSSR count). The molecular weight excluding hydrogens is 354 g/mol. The van der Waals surface area contributed by atoms with Crippen molar-refractivity contribution in [3.63, 3.8) is 0 Å². The summed E-state index contributed by atoms with van der Waals surface area (Å²) in [6.45, 7) is 7.81. The average Bonchev–Trinajstić information content (AvgIpc) is 2.67. The van der Waals surface area contributed by atoms with Gasteiger partial charge in [-0.1, -0.05) is 42.5 Å². The monoisotopic (exact) mass is 383 g/mol. The van der Waals surface area contributed by atoms with Gasteiger partial charge in [0.2, 0.25) is 0 Å². The van der Waals surface area contributed by atoms with Crippen LogP contribution >= 0.6 is 0 Å². The van der Waals surface area contributed by atoms with E-state index in [0.29, 0.717) is 26.4 Å². The van der Waals surface area contributed by atoms with Crippen molar-refractivity contribution in [2.75, 3.05) is 19.8 Å². The lowest BCUT2D eigenvalue weighted by Crippen LogP contribution is -2.51. The third kappa shape index (κ3) is 5.99. The maximum atomic E-state index is 12.5. The van der Waals surface area contributed by atoms with Crippen LogP contribution in [0.3, 0.4) is 0 Å². The highest BCUT2D eigenvalue weighted by atomic mass is 16.6. The zero-order valence-electron chi connectivity index (χ0n) is 16.9. The van der Waals surface area contributed by atoms with Crippen molar-refractivity contribution in [3.05, 3.63) is 65.7 Å². The van der Waals surface area contributed by atoms with Crippen LogP contribution in [-0.2, 0) is 22.5 Å². The summed E-state index contributed by atoms with van der Waals surface area (Å²) in [4.78, 5) is 14.3. The number of amides is 1. The number of rotatable bonds is 5. The van der Waals surface area contributed by atoms with Crippen LogP contribution in [0, 0.1) is 0 Å². The second-order valence-corrected chi connectivity index (χ2v) is 8.02. The maximum Gasteiger partial charge on any atom is 0.410 e. The molecule has 0 bridgehead atoms. The van der Waals surface area contributed by atoms with E-state index in [1.54, 1.807) is 4.90 Å². The lowest BCUT2D eigenvalue weighted by Gasteiger charge is -2.36. The summed E-state index contributed by atoms with van der Waals surface area (Å²) in [5.74, 6) is 0.830. The first-order valence-electron chi connectivity index (χ1n) is 9.74. The van der Waals surface area contributed by atoms with Crippen LogP contribution in [0.15, 0.2) is 54.6 Å². The van der Waals surface area contributed by atoms with Gasteiger partial charge in [-0.3, -0.25) is 0 Å². The summed E-state index contributed by atoms with van der Waals surface area (Å²) < 4.78 is 17.0. The summed E-state index contributed by atoms with van der Waals surface area (Å²) in [5, 5.41) is 0. The van der Waals surface area contributed by atoms with Gasteiger partial charge in [-0.2, -0.15) is 0 Å². The van der Waals surface area contributed by atoms with Crippen LogP contribution in [0.1, 0.15) is 31.9 Å². The first kappa shape index (κ1) is 20.2. The molecule has 28 heavy (non-hydrogen) atoms. The number of hydrogen-bond acceptors (Lipinski definition) is 4. The summed E-state index contributed by atoms with van der Waals surface area (Å²) in [6, 6.07) is 18.1. The van der Waals surface area contributed by atoms with Gasteiger partial charge in [-0.05, 0) is 50.5 Å². The molecule has 5 heteroatoms. The van der Waals surface area contributed by atoms with Gasteiger partial charge in [0.25, 0.3) is 0 Å². The molecule has 1 aliphatic heterocycles. The molecule has 5 nitrogen and oxygen atoms in total. The molecule has 2 aromatic carbocycles. The summed E-state index contributed by atoms with van der Waals surface area (Å²) in [5.41, 5.74) is 1.77. The SMILES string of the molecule is CC(C)(C)OC(=O)N1CCOC[C@@H]1Cc1ccc(OCc2ccccc2)cc1. The Labute approximate surface area is 167 Å². The molecular formula is C23H29NO4. The Balaban J connectivity index is 1.57. The molecule has 0 N–H and O–H groups in total. The molecule has 150 valence electrons. The molecule has 0 aliphatic carbocycles. The van der Waals surface area contributed by atoms with E-state index in [2.05, 4.69) is 0 Å². The van der Waals surface area contributed by atoms with Gasteiger partial charge >= 0.3 is 6.09 Å². The number of nitrogens with zero attached hydrogens (tertiary/aromatic N) is 1. The third-order valence-electron chi connectivity index (χ3n) is 4.50. The predicted molar refractivity (Wildman–Crippen MR) is 108 cm³/mol. The second-order valence-electron chi connectivity index (χ2n) is 8.02. The van der Waals surface area contributed by atoms with Gasteiger partial charge in [0, 0.05) is 6.54 Å². The van der Waals surface area contributed by atoms with Gasteiger partial charge in [-0.25, -0.2) is 4.79 Å². The molecule has 1 saturated heterocycles. The number of hydrogen-bond donors (Lipinski definition) is 0. The van der Waals surface area contributed by atoms with Crippen molar-refractivity contribution in [1.82, 2.24) is 4.90 Å². The fourth-order valence-electron chi connectivity index (χ4n) is 3.12. The Morgan fingerprint density at radius 1 is 1.07 bits per heavy atom. The minimum Gasteiger partial charge on any atom is -0.489 e. The van der Waals surface area contributed by atoms with E-state index >= 15 is 0 Å². The number of ether oxygens (including phenoxy) is 3. The summed E-state index contributed by atoms with van der Waals surface area (Å²) >= 11 is 0. The van der Waals surface area contributed by atoms with E-state index in [9.17, 15) is 4.79 Å². The standard InChI is InChI=1S/C23H29NO4/c1-23(2,3)28-22(25)24-13-14-26-17-20(24)15-18-9-11-21(12-10-18)27-16-19-7-5-4-6-8-19/h4-12,20H,13-17H2,1-3H3/t20-/m0/s1. The van der Waals surface area contributed by atoms with Crippen LogP contribution in [0.25, 0.3) is 0 Å². The van der Waals surface area contributed by atoms with Crippen LogP contribution in [0.2, 0.25) is 0 Å². The molecule has 0 radical (unpaired) electrons. The Kier molecular flexibility index (Phi) is 6.57. The van der Waals surface area contributed by atoms with Gasteiger partial charge < -0.3 is 19.1 Å². The number of carbonyl (C=O) groups excluding carboxylic acids is 1. The summed E-state index contributed by atoms with van der Waals surface area (Å²) in [6.07, 6.45) is 0.446. The number of morpholine rings is 1. The lowest BCUT2D eigenvalue weighted by molar-refractivity contribution is -0.0319. The molecule has 1 aliphatic rings. The van der Waals surface area contributed by atoms with Gasteiger partial charge in [0.1, 0.15) is 18.0 Å². The van der Waals surface area contributed by atoms with E-state index in [0.717, 1.165) is 23.3 Å². The van der Waals surface area contributed by atoms with Gasteiger partial charge in [0.05, 0.1) is 19.3 Å². The van der Waals surface area contributed by atoms with Crippen LogP contribution in [-0.4, -0.2) is 42.4 Å². The molecule has 0 saturated carbocycles. The highest BCUT2D eigenvalue weighted by molar-refractivity contribution is 5.68. The molecule has 1 heterocycles. The minimum atomic E-state index is -0.502. The van der Waals surface area contributed by atoms with Crippen molar-refractivity contribution in [2.45, 2.75) is 45.4 Å². The van der Waals surface area contributed by atoms with Crippen molar-refractivity contribution >= 4 is 6.09 Å². The van der Waals surface area contributed by atoms with E-state index in [4.69, 9.17) is 14.2 Å². The van der Waals surface area contributed by atoms with E-state index in [-0.39, 0.29) is 12.1 Å². The molecule has 0 spiro atoms. The molecule has 1 atom stereocenters. The molecule has 2 aromatic rings. The summed E-state index contributed by atoms with van der Waals surface area (Å²) in [7, 11) is 0. The van der Waals surface area contributed by atoms with Crippen molar-refractivity contribution in [3.8, 4) is 5.75 Å². The number of carbonyl (C=O) groups is 1. The first-order valence-corrected chi connectivity index (χ1v) is 9.74. The largest absolute Gasteiger partial charge is 0.489 e. The molecule has 1 amide bonds. The van der Waals surface area contributed by atoms with E-state index in [1.807, 2.05) is 75.4 Å². The second kappa shape index (κ2) is 9.11. The first-order chi connectivity index (χ1) is 13.4. The molecule has 0 aromatic heterocycles. The van der Waals surface area contributed by atoms with Crippen LogP contribution < -0.4 is 4.74 Å². The van der Waals surface area contributed by atoms with Crippen molar-refractivity contribution in [1.29, 1.82) is 0 Å². The van der Waals surface area contributed by atoms with Crippen molar-refractivity contribution < 1.29 is 19.0 Å². The van der Waals surface area contributed by atoms with Gasteiger partial charge in [0.15, 0.2) is 0 Å². The lowest BCUT2D eigenvalue weighted by atomic mass is 10.0. The molecule has 0 unspecified atom stereocenters. The molecule has 1 fully saturated rings. The Morgan fingerprint density at radius 3 is 2.46 bits per heavy atom. The topological polar surface area (TPSA) is 48.0 Å². The Bertz CT molecular complexity index is 752. The van der Waals surface area contributed by atoms with Gasteiger partial charge in [-0.15, -0.1) is 0 Å². The van der Waals surface area contributed by atoms with Crippen molar-refractivity contribution in [2.24, 2.45) is 0 Å². The van der Waals surface area contributed by atoms with Crippen LogP contribution in [0.4, 0.5) is 4.79 Å². The van der Waals surface area contributed by atoms with E-state index in [1.165, 1.54) is 0 Å². The van der Waals surface area contributed by atoms with E-state index < -0.39 is 5.60 Å². The highest BCUT2D eigenvalue weighted by Crippen LogP contribution is 2.20. The fraction of sp³-hybridized carbons (Fsp3) is 0.435. The van der Waals surface area contributed by atoms with Crippen LogP contribution in [0.5, 0.6) is 5.75 Å². The minimum absolute atomic E-state index is 0.0281. The zero-order valence-corrected chi connectivity index (χ0v) is 16.9. The third-order valence-corrected chi connectivity index (χ3v) is 4.50.